The predicted molar refractivity (Wildman–Crippen MR) is 81.0 cm³/mol. The van der Waals surface area contributed by atoms with Gasteiger partial charge in [0.25, 0.3) is 0 Å². The molecular weight excluding hydrogens is 375 g/mol. The van der Waals surface area contributed by atoms with Crippen LogP contribution in [0.3, 0.4) is 0 Å². The number of ketones is 1. The van der Waals surface area contributed by atoms with E-state index in [1.54, 1.807) is 12.1 Å². The van der Waals surface area contributed by atoms with Crippen molar-refractivity contribution in [2.24, 2.45) is 0 Å². The van der Waals surface area contributed by atoms with Crippen molar-refractivity contribution >= 4 is 37.6 Å². The fraction of sp³-hybridized carbons (Fsp3) is 0.133. The summed E-state index contributed by atoms with van der Waals surface area (Å²) in [5, 5.41) is 0. The molecule has 98 valence electrons. The van der Waals surface area contributed by atoms with Crippen molar-refractivity contribution in [1.29, 1.82) is 0 Å². The SMILES string of the molecule is Cc1ccc(C(=O)Cc2ccc(F)cc2Br)cc1Br. The highest BCUT2D eigenvalue weighted by Gasteiger charge is 2.11. The Morgan fingerprint density at radius 3 is 2.47 bits per heavy atom. The summed E-state index contributed by atoms with van der Waals surface area (Å²) in [7, 11) is 0. The number of benzene rings is 2. The third-order valence-corrected chi connectivity index (χ3v) is 4.45. The zero-order valence-corrected chi connectivity index (χ0v) is 13.4. The van der Waals surface area contributed by atoms with Gasteiger partial charge in [-0.25, -0.2) is 4.39 Å². The molecule has 0 radical (unpaired) electrons. The molecule has 0 unspecified atom stereocenters. The fourth-order valence-electron chi connectivity index (χ4n) is 1.71. The van der Waals surface area contributed by atoms with Gasteiger partial charge >= 0.3 is 0 Å². The van der Waals surface area contributed by atoms with Crippen molar-refractivity contribution in [2.45, 2.75) is 13.3 Å². The minimum absolute atomic E-state index is 0.00741. The maximum Gasteiger partial charge on any atom is 0.167 e. The van der Waals surface area contributed by atoms with Gasteiger partial charge in [0.15, 0.2) is 5.78 Å². The van der Waals surface area contributed by atoms with Gasteiger partial charge in [-0.2, -0.15) is 0 Å². The molecule has 0 spiro atoms. The molecule has 2 rings (SSSR count). The smallest absolute Gasteiger partial charge is 0.167 e. The number of carbonyl (C=O) groups is 1. The number of hydrogen-bond donors (Lipinski definition) is 0. The summed E-state index contributed by atoms with van der Waals surface area (Å²) < 4.78 is 14.5. The van der Waals surface area contributed by atoms with E-state index in [1.807, 2.05) is 19.1 Å². The first kappa shape index (κ1) is 14.4. The lowest BCUT2D eigenvalue weighted by molar-refractivity contribution is 0.0992. The van der Waals surface area contributed by atoms with Crippen LogP contribution in [-0.4, -0.2) is 5.78 Å². The third kappa shape index (κ3) is 3.51. The number of halogens is 3. The number of rotatable bonds is 3. The van der Waals surface area contributed by atoms with Crippen LogP contribution in [0, 0.1) is 12.7 Å². The minimum Gasteiger partial charge on any atom is -0.294 e. The summed E-state index contributed by atoms with van der Waals surface area (Å²) in [6.07, 6.45) is 0.246. The van der Waals surface area contributed by atoms with E-state index in [2.05, 4.69) is 31.9 Å². The lowest BCUT2D eigenvalue weighted by atomic mass is 10.0. The third-order valence-electron chi connectivity index (χ3n) is 2.86. The van der Waals surface area contributed by atoms with Crippen LogP contribution in [0.15, 0.2) is 45.3 Å². The van der Waals surface area contributed by atoms with Crippen LogP contribution < -0.4 is 0 Å². The quantitative estimate of drug-likeness (QED) is 0.673. The number of aryl methyl sites for hydroxylation is 1. The van der Waals surface area contributed by atoms with E-state index >= 15 is 0 Å². The highest BCUT2D eigenvalue weighted by atomic mass is 79.9. The van der Waals surface area contributed by atoms with Gasteiger partial charge in [-0.3, -0.25) is 4.79 Å². The summed E-state index contributed by atoms with van der Waals surface area (Å²) in [6, 6.07) is 9.87. The Kier molecular flexibility index (Phi) is 4.53. The second-order valence-electron chi connectivity index (χ2n) is 4.30. The average molecular weight is 386 g/mol. The van der Waals surface area contributed by atoms with Crippen molar-refractivity contribution in [2.75, 3.05) is 0 Å². The van der Waals surface area contributed by atoms with Gasteiger partial charge in [-0.15, -0.1) is 0 Å². The van der Waals surface area contributed by atoms with E-state index in [4.69, 9.17) is 0 Å². The lowest BCUT2D eigenvalue weighted by Gasteiger charge is -2.06. The molecule has 0 aliphatic carbocycles. The zero-order chi connectivity index (χ0) is 14.0. The number of hydrogen-bond acceptors (Lipinski definition) is 1. The van der Waals surface area contributed by atoms with Gasteiger partial charge in [0.2, 0.25) is 0 Å². The first-order chi connectivity index (χ1) is 8.97. The Balaban J connectivity index is 2.23. The normalized spacial score (nSPS) is 10.5. The molecule has 0 saturated heterocycles. The van der Waals surface area contributed by atoms with Crippen LogP contribution >= 0.6 is 31.9 Å². The topological polar surface area (TPSA) is 17.1 Å². The second-order valence-corrected chi connectivity index (χ2v) is 6.01. The van der Waals surface area contributed by atoms with Crippen LogP contribution in [-0.2, 0) is 6.42 Å². The van der Waals surface area contributed by atoms with Crippen LogP contribution in [0.25, 0.3) is 0 Å². The standard InChI is InChI=1S/C15H11Br2FO/c1-9-2-3-11(6-13(9)16)15(19)7-10-4-5-12(18)8-14(10)17/h2-6,8H,7H2,1H3. The van der Waals surface area contributed by atoms with E-state index < -0.39 is 0 Å². The van der Waals surface area contributed by atoms with E-state index in [1.165, 1.54) is 12.1 Å². The molecule has 0 fully saturated rings. The second kappa shape index (κ2) is 5.97. The van der Waals surface area contributed by atoms with Crippen molar-refractivity contribution < 1.29 is 9.18 Å². The molecule has 0 aliphatic rings. The van der Waals surface area contributed by atoms with Gasteiger partial charge in [0.05, 0.1) is 0 Å². The molecular formula is C15H11Br2FO. The largest absolute Gasteiger partial charge is 0.294 e. The first-order valence-electron chi connectivity index (χ1n) is 5.70. The fourth-order valence-corrected chi connectivity index (χ4v) is 2.58. The zero-order valence-electron chi connectivity index (χ0n) is 10.2. The van der Waals surface area contributed by atoms with E-state index in [9.17, 15) is 9.18 Å². The molecule has 0 atom stereocenters. The highest BCUT2D eigenvalue weighted by Crippen LogP contribution is 2.22. The maximum atomic E-state index is 13.0. The van der Waals surface area contributed by atoms with Gasteiger partial charge in [0.1, 0.15) is 5.82 Å². The Morgan fingerprint density at radius 2 is 1.84 bits per heavy atom. The molecule has 2 aromatic rings. The molecule has 0 bridgehead atoms. The van der Waals surface area contributed by atoms with Crippen LogP contribution in [0.4, 0.5) is 4.39 Å². The molecule has 0 heterocycles. The first-order valence-corrected chi connectivity index (χ1v) is 7.29. The van der Waals surface area contributed by atoms with E-state index in [-0.39, 0.29) is 18.0 Å². The summed E-state index contributed by atoms with van der Waals surface area (Å²) in [4.78, 5) is 12.2. The Hall–Kier alpha value is -1.00. The lowest BCUT2D eigenvalue weighted by Crippen LogP contribution is -2.04. The summed E-state index contributed by atoms with van der Waals surface area (Å²) in [5.74, 6) is -0.311. The monoisotopic (exact) mass is 384 g/mol. The molecule has 0 N–H and O–H groups in total. The van der Waals surface area contributed by atoms with Gasteiger partial charge in [0, 0.05) is 20.9 Å². The molecule has 0 saturated carbocycles. The Labute approximate surface area is 128 Å². The predicted octanol–water partition coefficient (Wildman–Crippen LogP) is 5.08. The van der Waals surface area contributed by atoms with Crippen molar-refractivity contribution in [1.82, 2.24) is 0 Å². The molecule has 1 nitrogen and oxygen atoms in total. The summed E-state index contributed by atoms with van der Waals surface area (Å²) in [6.45, 7) is 1.97. The molecule has 2 aromatic carbocycles. The summed E-state index contributed by atoms with van der Waals surface area (Å²) >= 11 is 6.69. The summed E-state index contributed by atoms with van der Waals surface area (Å²) in [5.41, 5.74) is 2.51. The Bertz CT molecular complexity index is 638. The minimum atomic E-state index is -0.318. The molecule has 0 aromatic heterocycles. The molecule has 0 amide bonds. The van der Waals surface area contributed by atoms with Crippen LogP contribution in [0.5, 0.6) is 0 Å². The van der Waals surface area contributed by atoms with Gasteiger partial charge in [-0.05, 0) is 36.2 Å². The van der Waals surface area contributed by atoms with E-state index in [0.29, 0.717) is 10.0 Å². The van der Waals surface area contributed by atoms with Crippen molar-refractivity contribution in [3.05, 3.63) is 67.9 Å². The molecule has 0 aliphatic heterocycles. The highest BCUT2D eigenvalue weighted by molar-refractivity contribution is 9.10. The van der Waals surface area contributed by atoms with Gasteiger partial charge < -0.3 is 0 Å². The Morgan fingerprint density at radius 1 is 1.11 bits per heavy atom. The molecule has 19 heavy (non-hydrogen) atoms. The maximum absolute atomic E-state index is 13.0. The van der Waals surface area contributed by atoms with Crippen molar-refractivity contribution in [3.63, 3.8) is 0 Å². The number of Topliss-reactive ketones (excluding diaryl/α,β-unsaturated/α-hetero) is 1. The van der Waals surface area contributed by atoms with Crippen LogP contribution in [0.2, 0.25) is 0 Å². The van der Waals surface area contributed by atoms with E-state index in [0.717, 1.165) is 15.6 Å². The molecule has 4 heteroatoms. The van der Waals surface area contributed by atoms with Crippen LogP contribution in [0.1, 0.15) is 21.5 Å². The number of carbonyl (C=O) groups excluding carboxylic acids is 1. The van der Waals surface area contributed by atoms with Gasteiger partial charge in [-0.1, -0.05) is 50.1 Å². The van der Waals surface area contributed by atoms with Crippen molar-refractivity contribution in [3.8, 4) is 0 Å². The average Bonchev–Trinajstić information content (AvgIpc) is 2.36.